The Bertz CT molecular complexity index is 263. The van der Waals surface area contributed by atoms with Crippen LogP contribution < -0.4 is 10.6 Å². The molecule has 0 saturated carbocycles. The summed E-state index contributed by atoms with van der Waals surface area (Å²) in [7, 11) is 2.13. The molecule has 0 aromatic rings. The van der Waals surface area contributed by atoms with Gasteiger partial charge in [-0.1, -0.05) is 6.92 Å². The Morgan fingerprint density at radius 2 is 2.21 bits per heavy atom. The Hall–Kier alpha value is -0.0800. The zero-order valence-corrected chi connectivity index (χ0v) is 14.9. The van der Waals surface area contributed by atoms with Crippen molar-refractivity contribution in [2.75, 3.05) is 39.8 Å². The van der Waals surface area contributed by atoms with Crippen LogP contribution in [0.4, 0.5) is 0 Å². The van der Waals surface area contributed by atoms with Gasteiger partial charge in [-0.3, -0.25) is 4.99 Å². The molecular formula is C13H29IN4O. The molecule has 1 heterocycles. The lowest BCUT2D eigenvalue weighted by molar-refractivity contribution is -0.0136. The van der Waals surface area contributed by atoms with Gasteiger partial charge in [0.1, 0.15) is 0 Å². The van der Waals surface area contributed by atoms with Gasteiger partial charge < -0.3 is 20.3 Å². The number of ether oxygens (including phenoxy) is 1. The Labute approximate surface area is 134 Å². The van der Waals surface area contributed by atoms with E-state index in [1.165, 1.54) is 0 Å². The molecule has 0 aliphatic carbocycles. The second-order valence-corrected chi connectivity index (χ2v) is 4.93. The molecule has 114 valence electrons. The van der Waals surface area contributed by atoms with Crippen LogP contribution in [0.5, 0.6) is 0 Å². The van der Waals surface area contributed by atoms with Gasteiger partial charge >= 0.3 is 0 Å². The van der Waals surface area contributed by atoms with Crippen LogP contribution in [-0.2, 0) is 4.74 Å². The highest BCUT2D eigenvalue weighted by molar-refractivity contribution is 14.0. The smallest absolute Gasteiger partial charge is 0.191 e. The molecule has 0 spiro atoms. The van der Waals surface area contributed by atoms with E-state index in [-0.39, 0.29) is 30.1 Å². The number of rotatable bonds is 5. The largest absolute Gasteiger partial charge is 0.374 e. The molecule has 1 aliphatic heterocycles. The maximum atomic E-state index is 5.70. The van der Waals surface area contributed by atoms with Crippen LogP contribution in [0, 0.1) is 0 Å². The van der Waals surface area contributed by atoms with Gasteiger partial charge in [0.2, 0.25) is 0 Å². The number of guanidine groups is 1. The monoisotopic (exact) mass is 384 g/mol. The number of hydrogen-bond donors (Lipinski definition) is 2. The van der Waals surface area contributed by atoms with Gasteiger partial charge in [0.15, 0.2) is 5.96 Å². The standard InChI is InChI=1S/C13H28N4O.HI/c1-5-11(3)16-13(14-6-2)15-9-12-10-17(4)7-8-18-12;/h11-12H,5-10H2,1-4H3,(H2,14,15,16);1H. The number of nitrogens with one attached hydrogen (secondary N) is 2. The predicted molar refractivity (Wildman–Crippen MR) is 91.5 cm³/mol. The van der Waals surface area contributed by atoms with Gasteiger partial charge in [-0.15, -0.1) is 24.0 Å². The predicted octanol–water partition coefficient (Wildman–Crippen LogP) is 1.29. The number of morpholine rings is 1. The third kappa shape index (κ3) is 7.94. The van der Waals surface area contributed by atoms with E-state index < -0.39 is 0 Å². The van der Waals surface area contributed by atoms with Crippen molar-refractivity contribution >= 4 is 29.9 Å². The summed E-state index contributed by atoms with van der Waals surface area (Å²) in [6.07, 6.45) is 1.31. The number of likely N-dealkylation sites (N-methyl/N-ethyl adjacent to an activating group) is 1. The molecule has 0 aromatic heterocycles. The molecular weight excluding hydrogens is 355 g/mol. The second-order valence-electron chi connectivity index (χ2n) is 4.93. The Kier molecular flexibility index (Phi) is 10.6. The lowest BCUT2D eigenvalue weighted by Crippen LogP contribution is -2.44. The van der Waals surface area contributed by atoms with Crippen molar-refractivity contribution in [3.05, 3.63) is 0 Å². The first-order valence-corrected chi connectivity index (χ1v) is 7.00. The van der Waals surface area contributed by atoms with E-state index in [1.807, 2.05) is 0 Å². The maximum absolute atomic E-state index is 5.70. The van der Waals surface area contributed by atoms with Crippen LogP contribution in [0.1, 0.15) is 27.2 Å². The topological polar surface area (TPSA) is 48.9 Å². The first-order valence-electron chi connectivity index (χ1n) is 7.00. The Balaban J connectivity index is 0.00000324. The van der Waals surface area contributed by atoms with Crippen LogP contribution in [0.25, 0.3) is 0 Å². The molecule has 2 unspecified atom stereocenters. The highest BCUT2D eigenvalue weighted by Crippen LogP contribution is 2.03. The van der Waals surface area contributed by atoms with Crippen molar-refractivity contribution in [1.82, 2.24) is 15.5 Å². The van der Waals surface area contributed by atoms with E-state index in [1.54, 1.807) is 0 Å². The van der Waals surface area contributed by atoms with Crippen LogP contribution >= 0.6 is 24.0 Å². The van der Waals surface area contributed by atoms with Crippen molar-refractivity contribution < 1.29 is 4.74 Å². The zero-order chi connectivity index (χ0) is 13.4. The molecule has 0 bridgehead atoms. The summed E-state index contributed by atoms with van der Waals surface area (Å²) in [6.45, 7) is 10.8. The molecule has 2 atom stereocenters. The molecule has 5 nitrogen and oxygen atoms in total. The fourth-order valence-corrected chi connectivity index (χ4v) is 1.83. The minimum Gasteiger partial charge on any atom is -0.374 e. The zero-order valence-electron chi connectivity index (χ0n) is 12.6. The summed E-state index contributed by atoms with van der Waals surface area (Å²) in [6, 6.07) is 0.442. The molecule has 1 fully saturated rings. The minimum atomic E-state index is 0. The van der Waals surface area contributed by atoms with Crippen LogP contribution in [0.2, 0.25) is 0 Å². The van der Waals surface area contributed by atoms with E-state index in [9.17, 15) is 0 Å². The third-order valence-corrected chi connectivity index (χ3v) is 3.13. The van der Waals surface area contributed by atoms with Gasteiger partial charge in [-0.25, -0.2) is 0 Å². The molecule has 1 rings (SSSR count). The van der Waals surface area contributed by atoms with E-state index >= 15 is 0 Å². The number of nitrogens with zero attached hydrogens (tertiary/aromatic N) is 2. The molecule has 1 aliphatic rings. The highest BCUT2D eigenvalue weighted by atomic mass is 127. The van der Waals surface area contributed by atoms with Gasteiger partial charge in [0, 0.05) is 25.7 Å². The average Bonchev–Trinajstić information content (AvgIpc) is 2.36. The average molecular weight is 384 g/mol. The maximum Gasteiger partial charge on any atom is 0.191 e. The summed E-state index contributed by atoms with van der Waals surface area (Å²) < 4.78 is 5.70. The summed E-state index contributed by atoms with van der Waals surface area (Å²) in [5.74, 6) is 0.892. The van der Waals surface area contributed by atoms with Crippen molar-refractivity contribution in [2.45, 2.75) is 39.3 Å². The summed E-state index contributed by atoms with van der Waals surface area (Å²) in [4.78, 5) is 6.89. The van der Waals surface area contributed by atoms with E-state index in [4.69, 9.17) is 4.74 Å². The van der Waals surface area contributed by atoms with Crippen molar-refractivity contribution in [3.63, 3.8) is 0 Å². The second kappa shape index (κ2) is 10.7. The van der Waals surface area contributed by atoms with Crippen LogP contribution in [0.15, 0.2) is 4.99 Å². The Morgan fingerprint density at radius 1 is 1.47 bits per heavy atom. The van der Waals surface area contributed by atoms with Crippen LogP contribution in [0.3, 0.4) is 0 Å². The molecule has 0 radical (unpaired) electrons. The molecule has 0 amide bonds. The number of halogens is 1. The summed E-state index contributed by atoms with van der Waals surface area (Å²) >= 11 is 0. The third-order valence-electron chi connectivity index (χ3n) is 3.13. The molecule has 0 aromatic carbocycles. The normalized spacial score (nSPS) is 22.5. The highest BCUT2D eigenvalue weighted by Gasteiger charge is 2.17. The lowest BCUT2D eigenvalue weighted by atomic mass is 10.2. The van der Waals surface area contributed by atoms with E-state index in [0.29, 0.717) is 6.04 Å². The number of hydrogen-bond acceptors (Lipinski definition) is 3. The Morgan fingerprint density at radius 3 is 2.79 bits per heavy atom. The lowest BCUT2D eigenvalue weighted by Gasteiger charge is -2.29. The van der Waals surface area contributed by atoms with Crippen LogP contribution in [-0.4, -0.2) is 62.8 Å². The number of aliphatic imine (C=N–C) groups is 1. The van der Waals surface area contributed by atoms with Crippen molar-refractivity contribution in [3.8, 4) is 0 Å². The fraction of sp³-hybridized carbons (Fsp3) is 0.923. The van der Waals surface area contributed by atoms with Gasteiger partial charge in [-0.2, -0.15) is 0 Å². The minimum absolute atomic E-state index is 0. The van der Waals surface area contributed by atoms with E-state index in [2.05, 4.69) is 48.3 Å². The molecule has 1 saturated heterocycles. The fourth-order valence-electron chi connectivity index (χ4n) is 1.83. The van der Waals surface area contributed by atoms with Crippen molar-refractivity contribution in [2.24, 2.45) is 4.99 Å². The summed E-state index contributed by atoms with van der Waals surface area (Å²) in [5, 5.41) is 6.66. The first kappa shape index (κ1) is 18.9. The molecule has 2 N–H and O–H groups in total. The SMILES string of the molecule is CCNC(=NCC1CN(C)CCO1)NC(C)CC.I. The first-order chi connectivity index (χ1) is 8.65. The quantitative estimate of drug-likeness (QED) is 0.426. The molecule has 6 heteroatoms. The summed E-state index contributed by atoms with van der Waals surface area (Å²) in [5.41, 5.74) is 0. The van der Waals surface area contributed by atoms with Gasteiger partial charge in [-0.05, 0) is 27.3 Å². The van der Waals surface area contributed by atoms with Gasteiger partial charge in [0.05, 0.1) is 19.3 Å². The molecule has 19 heavy (non-hydrogen) atoms. The van der Waals surface area contributed by atoms with E-state index in [0.717, 1.165) is 45.2 Å². The van der Waals surface area contributed by atoms with Gasteiger partial charge in [0.25, 0.3) is 0 Å². The van der Waals surface area contributed by atoms with Crippen molar-refractivity contribution in [1.29, 1.82) is 0 Å².